The number of nitro benzene ring substituents is 2. The fourth-order valence-electron chi connectivity index (χ4n) is 2.21. The fourth-order valence-corrected chi connectivity index (χ4v) is 2.21. The van der Waals surface area contributed by atoms with E-state index in [1.807, 2.05) is 20.8 Å². The van der Waals surface area contributed by atoms with Gasteiger partial charge in [-0.15, -0.1) is 0 Å². The van der Waals surface area contributed by atoms with Crippen molar-refractivity contribution in [2.75, 3.05) is 5.32 Å². The molecule has 0 fully saturated rings. The maximum Gasteiger partial charge on any atom is 0.295 e. The van der Waals surface area contributed by atoms with E-state index in [-0.39, 0.29) is 23.1 Å². The Morgan fingerprint density at radius 2 is 1.85 bits per heavy atom. The minimum atomic E-state index is -0.483. The molecule has 0 saturated carbocycles. The third-order valence-electron chi connectivity index (χ3n) is 2.98. The van der Waals surface area contributed by atoms with E-state index in [9.17, 15) is 20.2 Å². The first-order valence-corrected chi connectivity index (χ1v) is 6.51. The van der Waals surface area contributed by atoms with Gasteiger partial charge in [0.05, 0.1) is 9.85 Å². The van der Waals surface area contributed by atoms with E-state index in [1.54, 1.807) is 6.92 Å². The third-order valence-corrected chi connectivity index (χ3v) is 2.98. The standard InChI is InChI=1S/C13H19N3O4/c1-5-6-10-9(4)13(16(19)20)11(14-8(2)3)7-12(10)15(17)18/h7-8,14H,5-6H2,1-4H3. The zero-order chi connectivity index (χ0) is 15.4. The summed E-state index contributed by atoms with van der Waals surface area (Å²) in [6, 6.07) is 1.22. The molecule has 0 aliphatic carbocycles. The van der Waals surface area contributed by atoms with Gasteiger partial charge in [0, 0.05) is 23.2 Å². The van der Waals surface area contributed by atoms with Crippen LogP contribution in [0.5, 0.6) is 0 Å². The largest absolute Gasteiger partial charge is 0.377 e. The zero-order valence-electron chi connectivity index (χ0n) is 12.1. The number of nitro groups is 2. The minimum Gasteiger partial charge on any atom is -0.377 e. The van der Waals surface area contributed by atoms with Crippen molar-refractivity contribution in [3.05, 3.63) is 37.4 Å². The number of hydrogen-bond donors (Lipinski definition) is 1. The lowest BCUT2D eigenvalue weighted by Crippen LogP contribution is -2.13. The average Bonchev–Trinajstić information content (AvgIpc) is 2.30. The molecule has 0 amide bonds. The van der Waals surface area contributed by atoms with E-state index in [4.69, 9.17) is 0 Å². The molecule has 0 saturated heterocycles. The SMILES string of the molecule is CCCc1c([N+](=O)[O-])cc(NC(C)C)c([N+](=O)[O-])c1C. The van der Waals surface area contributed by atoms with Crippen LogP contribution in [0.1, 0.15) is 38.3 Å². The van der Waals surface area contributed by atoms with Crippen LogP contribution in [0, 0.1) is 27.2 Å². The van der Waals surface area contributed by atoms with Crippen LogP contribution < -0.4 is 5.32 Å². The first-order chi connectivity index (χ1) is 9.29. The van der Waals surface area contributed by atoms with E-state index in [2.05, 4.69) is 5.32 Å². The maximum absolute atomic E-state index is 11.3. The summed E-state index contributed by atoms with van der Waals surface area (Å²) in [6.07, 6.45) is 1.14. The lowest BCUT2D eigenvalue weighted by molar-refractivity contribution is -0.389. The molecule has 1 rings (SSSR count). The second-order valence-corrected chi connectivity index (χ2v) is 4.96. The van der Waals surface area contributed by atoms with E-state index >= 15 is 0 Å². The molecule has 1 aromatic rings. The van der Waals surface area contributed by atoms with Crippen LogP contribution in [-0.2, 0) is 6.42 Å². The van der Waals surface area contributed by atoms with Crippen LogP contribution in [0.3, 0.4) is 0 Å². The van der Waals surface area contributed by atoms with Crippen molar-refractivity contribution in [2.45, 2.75) is 46.6 Å². The van der Waals surface area contributed by atoms with E-state index in [1.165, 1.54) is 6.07 Å². The average molecular weight is 281 g/mol. The summed E-state index contributed by atoms with van der Waals surface area (Å²) >= 11 is 0. The van der Waals surface area contributed by atoms with Crippen molar-refractivity contribution in [1.82, 2.24) is 0 Å². The number of anilines is 1. The van der Waals surface area contributed by atoms with Gasteiger partial charge in [-0.25, -0.2) is 0 Å². The van der Waals surface area contributed by atoms with E-state index in [0.29, 0.717) is 24.0 Å². The van der Waals surface area contributed by atoms with Crippen LogP contribution in [0.4, 0.5) is 17.1 Å². The highest BCUT2D eigenvalue weighted by Gasteiger charge is 2.28. The molecule has 110 valence electrons. The molecule has 0 spiro atoms. The van der Waals surface area contributed by atoms with E-state index < -0.39 is 9.85 Å². The molecule has 1 aromatic carbocycles. The molecule has 0 heterocycles. The smallest absolute Gasteiger partial charge is 0.295 e. The molecule has 20 heavy (non-hydrogen) atoms. The van der Waals surface area contributed by atoms with Gasteiger partial charge in [0.1, 0.15) is 5.69 Å². The van der Waals surface area contributed by atoms with Crippen LogP contribution in [-0.4, -0.2) is 15.9 Å². The van der Waals surface area contributed by atoms with Crippen LogP contribution in [0.2, 0.25) is 0 Å². The molecule has 0 atom stereocenters. The predicted molar refractivity (Wildman–Crippen MR) is 77.2 cm³/mol. The molecule has 7 heteroatoms. The summed E-state index contributed by atoms with van der Waals surface area (Å²) in [6.45, 7) is 7.10. The lowest BCUT2D eigenvalue weighted by atomic mass is 9.98. The summed E-state index contributed by atoms with van der Waals surface area (Å²) in [5, 5.41) is 25.3. The van der Waals surface area contributed by atoms with Crippen LogP contribution in [0.25, 0.3) is 0 Å². The Morgan fingerprint density at radius 3 is 2.25 bits per heavy atom. The Morgan fingerprint density at radius 1 is 1.25 bits per heavy atom. The molecular weight excluding hydrogens is 262 g/mol. The normalized spacial score (nSPS) is 10.7. The van der Waals surface area contributed by atoms with Gasteiger partial charge in [-0.2, -0.15) is 0 Å². The number of benzene rings is 1. The summed E-state index contributed by atoms with van der Waals surface area (Å²) in [5.74, 6) is 0. The molecule has 1 N–H and O–H groups in total. The minimum absolute atomic E-state index is 0.0512. The highest BCUT2D eigenvalue weighted by molar-refractivity contribution is 5.72. The van der Waals surface area contributed by atoms with Crippen molar-refractivity contribution >= 4 is 17.1 Å². The Labute approximate surface area is 117 Å². The predicted octanol–water partition coefficient (Wildman–Crippen LogP) is 3.58. The second kappa shape index (κ2) is 6.31. The lowest BCUT2D eigenvalue weighted by Gasteiger charge is -2.14. The van der Waals surface area contributed by atoms with Gasteiger partial charge in [-0.1, -0.05) is 13.3 Å². The van der Waals surface area contributed by atoms with Crippen molar-refractivity contribution in [2.24, 2.45) is 0 Å². The number of hydrogen-bond acceptors (Lipinski definition) is 5. The highest BCUT2D eigenvalue weighted by atomic mass is 16.6. The van der Waals surface area contributed by atoms with Crippen LogP contribution >= 0.6 is 0 Å². The maximum atomic E-state index is 11.3. The van der Waals surface area contributed by atoms with E-state index in [0.717, 1.165) is 0 Å². The fraction of sp³-hybridized carbons (Fsp3) is 0.538. The molecule has 0 aliphatic heterocycles. The monoisotopic (exact) mass is 281 g/mol. The Balaban J connectivity index is 3.60. The van der Waals surface area contributed by atoms with Gasteiger partial charge in [0.2, 0.25) is 0 Å². The van der Waals surface area contributed by atoms with Gasteiger partial charge >= 0.3 is 0 Å². The van der Waals surface area contributed by atoms with Gasteiger partial charge in [0.25, 0.3) is 11.4 Å². The summed E-state index contributed by atoms with van der Waals surface area (Å²) < 4.78 is 0. The van der Waals surface area contributed by atoms with Crippen molar-refractivity contribution < 1.29 is 9.85 Å². The van der Waals surface area contributed by atoms with Gasteiger partial charge < -0.3 is 5.32 Å². The van der Waals surface area contributed by atoms with Gasteiger partial charge in [-0.05, 0) is 27.2 Å². The first-order valence-electron chi connectivity index (χ1n) is 6.51. The third kappa shape index (κ3) is 3.23. The van der Waals surface area contributed by atoms with Crippen molar-refractivity contribution in [3.63, 3.8) is 0 Å². The molecule has 0 unspecified atom stereocenters. The first kappa shape index (κ1) is 15.9. The summed E-state index contributed by atoms with van der Waals surface area (Å²) in [5.41, 5.74) is 0.882. The molecule has 0 aliphatic rings. The molecule has 0 radical (unpaired) electrons. The molecule has 0 bridgehead atoms. The van der Waals surface area contributed by atoms with Crippen molar-refractivity contribution in [1.29, 1.82) is 0 Å². The molecule has 0 aromatic heterocycles. The second-order valence-electron chi connectivity index (χ2n) is 4.96. The highest BCUT2D eigenvalue weighted by Crippen LogP contribution is 2.38. The Kier molecular flexibility index (Phi) is 5.01. The van der Waals surface area contributed by atoms with Gasteiger partial charge in [-0.3, -0.25) is 20.2 Å². The number of nitrogens with zero attached hydrogens (tertiary/aromatic N) is 2. The topological polar surface area (TPSA) is 98.3 Å². The number of nitrogens with one attached hydrogen (secondary N) is 1. The molecule has 7 nitrogen and oxygen atoms in total. The quantitative estimate of drug-likeness (QED) is 0.634. The zero-order valence-corrected chi connectivity index (χ0v) is 12.1. The number of rotatable bonds is 6. The Hall–Kier alpha value is -2.18. The summed E-state index contributed by atoms with van der Waals surface area (Å²) in [7, 11) is 0. The Bertz CT molecular complexity index is 541. The summed E-state index contributed by atoms with van der Waals surface area (Å²) in [4.78, 5) is 21.5. The van der Waals surface area contributed by atoms with Gasteiger partial charge in [0.15, 0.2) is 0 Å². The molecular formula is C13H19N3O4. The van der Waals surface area contributed by atoms with Crippen LogP contribution in [0.15, 0.2) is 6.07 Å². The van der Waals surface area contributed by atoms with Crippen molar-refractivity contribution in [3.8, 4) is 0 Å².